The number of benzene rings is 2. The summed E-state index contributed by atoms with van der Waals surface area (Å²) in [7, 11) is 0. The first kappa shape index (κ1) is 21.7. The largest absolute Gasteiger partial charge is 0.368 e. The van der Waals surface area contributed by atoms with Crippen molar-refractivity contribution >= 4 is 11.6 Å². The fourth-order valence-electron chi connectivity index (χ4n) is 4.07. The third kappa shape index (κ3) is 4.42. The molecule has 2 heterocycles. The number of anilines is 1. The van der Waals surface area contributed by atoms with E-state index in [1.807, 2.05) is 0 Å². The lowest BCUT2D eigenvalue weighted by atomic mass is 10.1. The van der Waals surface area contributed by atoms with E-state index in [2.05, 4.69) is 42.0 Å². The van der Waals surface area contributed by atoms with Gasteiger partial charge in [-0.1, -0.05) is 12.1 Å². The van der Waals surface area contributed by atoms with Crippen LogP contribution in [0.15, 0.2) is 59.4 Å². The molecule has 1 unspecified atom stereocenters. The van der Waals surface area contributed by atoms with Gasteiger partial charge in [0.15, 0.2) is 0 Å². The van der Waals surface area contributed by atoms with Crippen LogP contribution in [0.25, 0.3) is 11.3 Å². The summed E-state index contributed by atoms with van der Waals surface area (Å²) in [6, 6.07) is 14.6. The normalized spacial score (nSPS) is 15.0. The number of carbonyl (C=O) groups is 1. The number of piperazine rings is 1. The zero-order valence-corrected chi connectivity index (χ0v) is 18.6. The molecule has 166 valence electrons. The van der Waals surface area contributed by atoms with Crippen LogP contribution in [0.4, 0.5) is 10.1 Å². The van der Waals surface area contributed by atoms with Crippen molar-refractivity contribution in [3.8, 4) is 11.3 Å². The van der Waals surface area contributed by atoms with Crippen molar-refractivity contribution in [2.75, 3.05) is 31.1 Å². The van der Waals surface area contributed by atoms with E-state index in [0.717, 1.165) is 13.1 Å². The number of aromatic nitrogens is 2. The van der Waals surface area contributed by atoms with Crippen molar-refractivity contribution < 1.29 is 9.18 Å². The van der Waals surface area contributed by atoms with Crippen LogP contribution in [0.3, 0.4) is 0 Å². The van der Waals surface area contributed by atoms with Crippen LogP contribution < -0.4 is 10.5 Å². The van der Waals surface area contributed by atoms with E-state index < -0.39 is 6.04 Å². The van der Waals surface area contributed by atoms with Crippen molar-refractivity contribution in [3.63, 3.8) is 0 Å². The van der Waals surface area contributed by atoms with Crippen LogP contribution >= 0.6 is 0 Å². The third-order valence-corrected chi connectivity index (χ3v) is 5.99. The van der Waals surface area contributed by atoms with Gasteiger partial charge in [0.1, 0.15) is 11.9 Å². The van der Waals surface area contributed by atoms with Crippen LogP contribution in [0.5, 0.6) is 0 Å². The van der Waals surface area contributed by atoms with Crippen LogP contribution in [0, 0.1) is 19.7 Å². The van der Waals surface area contributed by atoms with Gasteiger partial charge in [-0.25, -0.2) is 9.07 Å². The number of halogens is 1. The molecule has 6 nitrogen and oxygen atoms in total. The van der Waals surface area contributed by atoms with E-state index in [1.165, 1.54) is 39.7 Å². The smallest absolute Gasteiger partial charge is 0.267 e. The minimum Gasteiger partial charge on any atom is -0.368 e. The molecule has 0 radical (unpaired) electrons. The average Bonchev–Trinajstić information content (AvgIpc) is 2.81. The molecule has 1 atom stereocenters. The number of rotatable bonds is 4. The summed E-state index contributed by atoms with van der Waals surface area (Å²) in [4.78, 5) is 29.7. The highest BCUT2D eigenvalue weighted by atomic mass is 19.1. The van der Waals surface area contributed by atoms with Gasteiger partial charge >= 0.3 is 0 Å². The second-order valence-corrected chi connectivity index (χ2v) is 8.29. The van der Waals surface area contributed by atoms with Crippen molar-refractivity contribution in [3.05, 3.63) is 81.9 Å². The summed E-state index contributed by atoms with van der Waals surface area (Å²) in [6.07, 6.45) is 0. The molecular formula is C25H27FN4O2. The highest BCUT2D eigenvalue weighted by molar-refractivity contribution is 5.80. The van der Waals surface area contributed by atoms with Crippen molar-refractivity contribution in [1.82, 2.24) is 14.7 Å². The molecule has 1 saturated heterocycles. The number of aryl methyl sites for hydroxylation is 2. The summed E-state index contributed by atoms with van der Waals surface area (Å²) in [6.45, 7) is 8.52. The van der Waals surface area contributed by atoms with E-state index in [0.29, 0.717) is 24.3 Å². The van der Waals surface area contributed by atoms with Gasteiger partial charge in [0, 0.05) is 43.5 Å². The molecule has 3 aromatic rings. The number of hydrogen-bond donors (Lipinski definition) is 0. The summed E-state index contributed by atoms with van der Waals surface area (Å²) < 4.78 is 14.5. The first-order chi connectivity index (χ1) is 15.3. The van der Waals surface area contributed by atoms with Gasteiger partial charge < -0.3 is 9.80 Å². The van der Waals surface area contributed by atoms with Gasteiger partial charge in [-0.15, -0.1) is 0 Å². The van der Waals surface area contributed by atoms with E-state index in [1.54, 1.807) is 30.0 Å². The highest BCUT2D eigenvalue weighted by Gasteiger charge is 2.27. The van der Waals surface area contributed by atoms with Gasteiger partial charge in [0.2, 0.25) is 5.91 Å². The predicted molar refractivity (Wildman–Crippen MR) is 123 cm³/mol. The molecule has 1 aliphatic heterocycles. The molecule has 1 fully saturated rings. The minimum atomic E-state index is -0.727. The van der Waals surface area contributed by atoms with Gasteiger partial charge in [-0.2, -0.15) is 5.10 Å². The standard InChI is InChI=1S/C25H27FN4O2/c1-17-4-5-18(2)23(16-17)28-12-14-29(15-13-28)25(32)19(3)30-24(31)11-10-22(27-30)20-6-8-21(26)9-7-20/h4-11,16,19H,12-15H2,1-3H3. The monoisotopic (exact) mass is 434 g/mol. The maximum absolute atomic E-state index is 13.2. The Hall–Kier alpha value is -3.48. The lowest BCUT2D eigenvalue weighted by Gasteiger charge is -2.38. The van der Waals surface area contributed by atoms with Crippen LogP contribution in [-0.4, -0.2) is 46.8 Å². The molecule has 0 bridgehead atoms. The molecule has 2 aromatic carbocycles. The van der Waals surface area contributed by atoms with Crippen LogP contribution in [0.1, 0.15) is 24.1 Å². The Balaban J connectivity index is 1.48. The SMILES string of the molecule is Cc1ccc(C)c(N2CCN(C(=O)C(C)n3nc(-c4ccc(F)cc4)ccc3=O)CC2)c1. The van der Waals surface area contributed by atoms with Gasteiger partial charge in [-0.3, -0.25) is 9.59 Å². The van der Waals surface area contributed by atoms with Crippen LogP contribution in [-0.2, 0) is 4.79 Å². The Kier molecular flexibility index (Phi) is 6.08. The first-order valence-electron chi connectivity index (χ1n) is 10.8. The molecule has 1 aromatic heterocycles. The lowest BCUT2D eigenvalue weighted by Crippen LogP contribution is -2.51. The predicted octanol–water partition coefficient (Wildman–Crippen LogP) is 3.58. The molecule has 1 aliphatic rings. The zero-order valence-electron chi connectivity index (χ0n) is 18.6. The van der Waals surface area contributed by atoms with Gasteiger partial charge in [0.25, 0.3) is 5.56 Å². The maximum atomic E-state index is 13.2. The van der Waals surface area contributed by atoms with Crippen molar-refractivity contribution in [1.29, 1.82) is 0 Å². The molecular weight excluding hydrogens is 407 g/mol. The Morgan fingerprint density at radius 2 is 1.66 bits per heavy atom. The number of amides is 1. The molecule has 4 rings (SSSR count). The first-order valence-corrected chi connectivity index (χ1v) is 10.8. The second kappa shape index (κ2) is 8.94. The second-order valence-electron chi connectivity index (χ2n) is 8.29. The number of hydrogen-bond acceptors (Lipinski definition) is 4. The number of carbonyl (C=O) groups excluding carboxylic acids is 1. The fraction of sp³-hybridized carbons (Fsp3) is 0.320. The lowest BCUT2D eigenvalue weighted by molar-refractivity contribution is -0.135. The summed E-state index contributed by atoms with van der Waals surface area (Å²) in [5.74, 6) is -0.470. The number of nitrogens with zero attached hydrogens (tertiary/aromatic N) is 4. The Bertz CT molecular complexity index is 1180. The maximum Gasteiger partial charge on any atom is 0.267 e. The minimum absolute atomic E-state index is 0.128. The average molecular weight is 435 g/mol. The quantitative estimate of drug-likeness (QED) is 0.630. The summed E-state index contributed by atoms with van der Waals surface area (Å²) in [5.41, 5.74) is 4.49. The molecule has 0 spiro atoms. The summed E-state index contributed by atoms with van der Waals surface area (Å²) >= 11 is 0. The fourth-order valence-corrected chi connectivity index (χ4v) is 4.07. The van der Waals surface area contributed by atoms with Gasteiger partial charge in [-0.05, 0) is 68.3 Å². The van der Waals surface area contributed by atoms with E-state index in [-0.39, 0.29) is 17.3 Å². The van der Waals surface area contributed by atoms with Crippen molar-refractivity contribution in [2.24, 2.45) is 0 Å². The molecule has 1 amide bonds. The molecule has 0 N–H and O–H groups in total. The Morgan fingerprint density at radius 3 is 2.34 bits per heavy atom. The van der Waals surface area contributed by atoms with E-state index >= 15 is 0 Å². The van der Waals surface area contributed by atoms with E-state index in [9.17, 15) is 14.0 Å². The van der Waals surface area contributed by atoms with Gasteiger partial charge in [0.05, 0.1) is 5.69 Å². The molecule has 0 aliphatic carbocycles. The highest BCUT2D eigenvalue weighted by Crippen LogP contribution is 2.23. The van der Waals surface area contributed by atoms with E-state index in [4.69, 9.17) is 0 Å². The molecule has 0 saturated carbocycles. The Labute approximate surface area is 186 Å². The molecule has 7 heteroatoms. The third-order valence-electron chi connectivity index (χ3n) is 5.99. The van der Waals surface area contributed by atoms with Crippen molar-refractivity contribution in [2.45, 2.75) is 26.8 Å². The molecule has 32 heavy (non-hydrogen) atoms. The zero-order chi connectivity index (χ0) is 22.8. The Morgan fingerprint density at radius 1 is 0.969 bits per heavy atom. The summed E-state index contributed by atoms with van der Waals surface area (Å²) in [5, 5.41) is 4.40. The van der Waals surface area contributed by atoms with Crippen LogP contribution in [0.2, 0.25) is 0 Å². The topological polar surface area (TPSA) is 58.4 Å².